The van der Waals surface area contributed by atoms with Crippen LogP contribution in [0.25, 0.3) is 0 Å². The number of aryl methyl sites for hydroxylation is 1. The summed E-state index contributed by atoms with van der Waals surface area (Å²) in [6.45, 7) is 5.21. The Hall–Kier alpha value is -1.38. The largest absolute Gasteiger partial charge is 0.475 e. The van der Waals surface area contributed by atoms with Crippen molar-refractivity contribution in [3.05, 3.63) is 17.6 Å². The standard InChI is InChI=1S/C13H20N2O5S/c1-9-8-14(3)5-4-6-15(9)21(18,19)12-7-11(13(16)17)20-10(12)2/h7,9H,4-6,8H2,1-3H3,(H,16,17). The predicted octanol–water partition coefficient (Wildman–Crippen LogP) is 1.00. The highest BCUT2D eigenvalue weighted by Crippen LogP contribution is 2.26. The topological polar surface area (TPSA) is 91.1 Å². The van der Waals surface area contributed by atoms with Crippen molar-refractivity contribution < 1.29 is 22.7 Å². The summed E-state index contributed by atoms with van der Waals surface area (Å²) < 4.78 is 32.0. The number of carboxylic acid groups (broad SMARTS) is 1. The van der Waals surface area contributed by atoms with Crippen LogP contribution in [0, 0.1) is 6.92 Å². The van der Waals surface area contributed by atoms with Gasteiger partial charge < -0.3 is 14.4 Å². The van der Waals surface area contributed by atoms with Gasteiger partial charge in [-0.25, -0.2) is 13.2 Å². The number of aromatic carboxylic acids is 1. The zero-order chi connectivity index (χ0) is 15.8. The van der Waals surface area contributed by atoms with Gasteiger partial charge in [0.05, 0.1) is 0 Å². The van der Waals surface area contributed by atoms with Crippen LogP contribution < -0.4 is 0 Å². The fourth-order valence-electron chi connectivity index (χ4n) is 2.66. The van der Waals surface area contributed by atoms with E-state index in [9.17, 15) is 13.2 Å². The van der Waals surface area contributed by atoms with Crippen LogP contribution in [0.5, 0.6) is 0 Å². The number of carboxylic acids is 1. The van der Waals surface area contributed by atoms with Gasteiger partial charge in [0, 0.05) is 25.2 Å². The molecule has 0 aromatic carbocycles. The average Bonchev–Trinajstić information content (AvgIpc) is 2.68. The quantitative estimate of drug-likeness (QED) is 0.894. The maximum absolute atomic E-state index is 12.8. The number of likely N-dealkylation sites (N-methyl/N-ethyl adjacent to an activating group) is 1. The van der Waals surface area contributed by atoms with Crippen molar-refractivity contribution in [2.75, 3.05) is 26.7 Å². The molecule has 0 aliphatic carbocycles. The van der Waals surface area contributed by atoms with E-state index < -0.39 is 16.0 Å². The number of carbonyl (C=O) groups is 1. The lowest BCUT2D eigenvalue weighted by Gasteiger charge is -2.26. The SMILES string of the molecule is Cc1oc(C(=O)O)cc1S(=O)(=O)N1CCCN(C)CC1C. The Morgan fingerprint density at radius 1 is 1.43 bits per heavy atom. The van der Waals surface area contributed by atoms with Crippen LogP contribution in [0.1, 0.15) is 29.7 Å². The average molecular weight is 316 g/mol. The molecular formula is C13H20N2O5S. The van der Waals surface area contributed by atoms with E-state index in [1.54, 1.807) is 0 Å². The molecule has 1 aliphatic rings. The van der Waals surface area contributed by atoms with Gasteiger partial charge in [-0.3, -0.25) is 0 Å². The van der Waals surface area contributed by atoms with Gasteiger partial charge in [-0.1, -0.05) is 0 Å². The molecule has 0 spiro atoms. The number of hydrogen-bond donors (Lipinski definition) is 1. The lowest BCUT2D eigenvalue weighted by atomic mass is 10.3. The zero-order valence-electron chi connectivity index (χ0n) is 12.4. The van der Waals surface area contributed by atoms with Gasteiger partial charge in [0.1, 0.15) is 10.7 Å². The number of sulfonamides is 1. The fourth-order valence-corrected chi connectivity index (χ4v) is 4.48. The molecule has 21 heavy (non-hydrogen) atoms. The van der Waals surface area contributed by atoms with Crippen molar-refractivity contribution >= 4 is 16.0 Å². The number of furan rings is 1. The monoisotopic (exact) mass is 316 g/mol. The Labute approximate surface area is 124 Å². The predicted molar refractivity (Wildman–Crippen MR) is 75.9 cm³/mol. The maximum atomic E-state index is 12.8. The van der Waals surface area contributed by atoms with Crippen LogP contribution in [0.4, 0.5) is 0 Å². The third-order valence-electron chi connectivity index (χ3n) is 3.66. The van der Waals surface area contributed by atoms with E-state index in [1.165, 1.54) is 11.2 Å². The van der Waals surface area contributed by atoms with Crippen molar-refractivity contribution in [3.8, 4) is 0 Å². The van der Waals surface area contributed by atoms with Crippen LogP contribution in [0.15, 0.2) is 15.4 Å². The molecule has 1 unspecified atom stereocenters. The maximum Gasteiger partial charge on any atom is 0.371 e. The Kier molecular flexibility index (Phi) is 4.40. The van der Waals surface area contributed by atoms with Crippen LogP contribution in [0.3, 0.4) is 0 Å². The molecule has 1 fully saturated rings. The first-order valence-electron chi connectivity index (χ1n) is 6.77. The molecule has 1 atom stereocenters. The summed E-state index contributed by atoms with van der Waals surface area (Å²) >= 11 is 0. The Balaban J connectivity index is 2.39. The minimum absolute atomic E-state index is 0.0590. The first-order valence-corrected chi connectivity index (χ1v) is 8.21. The summed E-state index contributed by atoms with van der Waals surface area (Å²) in [5.74, 6) is -1.52. The van der Waals surface area contributed by atoms with Crippen LogP contribution in [-0.2, 0) is 10.0 Å². The van der Waals surface area contributed by atoms with Crippen LogP contribution in [-0.4, -0.2) is 61.4 Å². The van der Waals surface area contributed by atoms with E-state index in [0.717, 1.165) is 19.0 Å². The van der Waals surface area contributed by atoms with Gasteiger partial charge in [-0.2, -0.15) is 4.31 Å². The minimum Gasteiger partial charge on any atom is -0.475 e. The van der Waals surface area contributed by atoms with Gasteiger partial charge in [0.2, 0.25) is 15.8 Å². The molecule has 118 valence electrons. The molecule has 0 radical (unpaired) electrons. The number of hydrogen-bond acceptors (Lipinski definition) is 5. The summed E-state index contributed by atoms with van der Waals surface area (Å²) in [4.78, 5) is 13.0. The van der Waals surface area contributed by atoms with E-state index in [1.807, 2.05) is 14.0 Å². The van der Waals surface area contributed by atoms with Gasteiger partial charge >= 0.3 is 5.97 Å². The number of nitrogens with zero attached hydrogens (tertiary/aromatic N) is 2. The first kappa shape index (κ1) is 16.0. The molecule has 0 bridgehead atoms. The third-order valence-corrected chi connectivity index (χ3v) is 5.78. The first-order chi connectivity index (χ1) is 9.73. The smallest absolute Gasteiger partial charge is 0.371 e. The van der Waals surface area contributed by atoms with E-state index in [4.69, 9.17) is 9.52 Å². The molecule has 8 heteroatoms. The normalized spacial score (nSPS) is 22.1. The Morgan fingerprint density at radius 3 is 2.67 bits per heavy atom. The zero-order valence-corrected chi connectivity index (χ0v) is 13.2. The van der Waals surface area contributed by atoms with E-state index >= 15 is 0 Å². The summed E-state index contributed by atoms with van der Waals surface area (Å²) in [6, 6.07) is 0.916. The van der Waals surface area contributed by atoms with Gasteiger partial charge in [-0.05, 0) is 33.9 Å². The fraction of sp³-hybridized carbons (Fsp3) is 0.615. The van der Waals surface area contributed by atoms with Crippen molar-refractivity contribution in [2.45, 2.75) is 31.2 Å². The van der Waals surface area contributed by atoms with Crippen molar-refractivity contribution in [1.82, 2.24) is 9.21 Å². The lowest BCUT2D eigenvalue weighted by molar-refractivity contribution is 0.0661. The molecule has 1 aliphatic heterocycles. The van der Waals surface area contributed by atoms with Gasteiger partial charge in [0.15, 0.2) is 0 Å². The third kappa shape index (κ3) is 3.12. The molecule has 0 amide bonds. The van der Waals surface area contributed by atoms with Crippen molar-refractivity contribution in [3.63, 3.8) is 0 Å². The second-order valence-corrected chi connectivity index (χ2v) is 7.28. The van der Waals surface area contributed by atoms with E-state index in [2.05, 4.69) is 4.90 Å². The van der Waals surface area contributed by atoms with Crippen molar-refractivity contribution in [1.29, 1.82) is 0 Å². The highest BCUT2D eigenvalue weighted by atomic mass is 32.2. The second-order valence-electron chi connectivity index (χ2n) is 5.42. The summed E-state index contributed by atoms with van der Waals surface area (Å²) in [5, 5.41) is 8.92. The van der Waals surface area contributed by atoms with E-state index in [0.29, 0.717) is 13.1 Å². The van der Waals surface area contributed by atoms with E-state index in [-0.39, 0.29) is 22.5 Å². The Morgan fingerprint density at radius 2 is 2.10 bits per heavy atom. The van der Waals surface area contributed by atoms with Gasteiger partial charge in [0.25, 0.3) is 0 Å². The van der Waals surface area contributed by atoms with Crippen molar-refractivity contribution in [2.24, 2.45) is 0 Å². The summed E-state index contributed by atoms with van der Waals surface area (Å²) in [5.41, 5.74) is 0. The molecule has 0 saturated carbocycles. The second kappa shape index (κ2) is 5.78. The molecule has 7 nitrogen and oxygen atoms in total. The van der Waals surface area contributed by atoms with Gasteiger partial charge in [-0.15, -0.1) is 0 Å². The summed E-state index contributed by atoms with van der Waals surface area (Å²) in [6.07, 6.45) is 0.739. The van der Waals surface area contributed by atoms with Crippen LogP contribution >= 0.6 is 0 Å². The highest BCUT2D eigenvalue weighted by molar-refractivity contribution is 7.89. The molecule has 1 saturated heterocycles. The lowest BCUT2D eigenvalue weighted by Crippen LogP contribution is -2.41. The molecule has 2 rings (SSSR count). The molecular weight excluding hydrogens is 296 g/mol. The minimum atomic E-state index is -3.75. The number of rotatable bonds is 3. The molecule has 1 aromatic rings. The van der Waals surface area contributed by atoms with Crippen LogP contribution in [0.2, 0.25) is 0 Å². The molecule has 1 N–H and O–H groups in total. The summed E-state index contributed by atoms with van der Waals surface area (Å²) in [7, 11) is -1.80. The Bertz CT molecular complexity index is 637. The highest BCUT2D eigenvalue weighted by Gasteiger charge is 2.34. The molecule has 2 heterocycles. The molecule has 1 aromatic heterocycles.